The molecule has 5 rings (SSSR count). The molecule has 0 spiro atoms. The van der Waals surface area contributed by atoms with Crippen molar-refractivity contribution in [1.82, 2.24) is 14.4 Å². The lowest BCUT2D eigenvalue weighted by Crippen LogP contribution is -2.13. The minimum Gasteiger partial charge on any atom is -0.497 e. The third kappa shape index (κ3) is 3.26. The van der Waals surface area contributed by atoms with Gasteiger partial charge >= 0.3 is 0 Å². The van der Waals surface area contributed by atoms with Crippen LogP contribution in [-0.4, -0.2) is 27.4 Å². The molecule has 144 valence electrons. The first-order valence-electron chi connectivity index (χ1n) is 8.90. The maximum absolute atomic E-state index is 12.9. The fraction of sp³-hybridized carbons (Fsp3) is 0.0952. The molecule has 0 unspecified atom stereocenters. The summed E-state index contributed by atoms with van der Waals surface area (Å²) in [7, 11) is 1.64. The van der Waals surface area contributed by atoms with Crippen LogP contribution in [0.2, 0.25) is 0 Å². The van der Waals surface area contributed by atoms with Crippen molar-refractivity contribution in [2.24, 2.45) is 0 Å². The lowest BCUT2D eigenvalue weighted by atomic mass is 10.2. The normalized spacial score (nSPS) is 11.2. The number of anilines is 1. The van der Waals surface area contributed by atoms with Crippen LogP contribution in [0.4, 0.5) is 5.13 Å². The number of methoxy groups -OCH3 is 1. The van der Waals surface area contributed by atoms with Crippen molar-refractivity contribution in [3.05, 3.63) is 65.3 Å². The van der Waals surface area contributed by atoms with E-state index in [1.165, 1.54) is 28.2 Å². The van der Waals surface area contributed by atoms with Crippen LogP contribution in [0, 0.1) is 6.92 Å². The van der Waals surface area contributed by atoms with Crippen molar-refractivity contribution >= 4 is 48.9 Å². The topological polar surface area (TPSA) is 68.5 Å². The Balaban J connectivity index is 1.44. The second-order valence-electron chi connectivity index (χ2n) is 6.57. The molecule has 0 aliphatic rings. The van der Waals surface area contributed by atoms with Gasteiger partial charge in [-0.05, 0) is 48.9 Å². The van der Waals surface area contributed by atoms with Gasteiger partial charge in [0.25, 0.3) is 5.91 Å². The summed E-state index contributed by atoms with van der Waals surface area (Å²) >= 11 is 2.90. The summed E-state index contributed by atoms with van der Waals surface area (Å²) in [5.74, 6) is 0.589. The first-order chi connectivity index (χ1) is 14.1. The Morgan fingerprint density at radius 3 is 2.76 bits per heavy atom. The maximum Gasteiger partial charge on any atom is 0.275 e. The molecule has 0 fully saturated rings. The molecule has 0 atom stereocenters. The lowest BCUT2D eigenvalue weighted by molar-refractivity contribution is 0.102. The van der Waals surface area contributed by atoms with Crippen LogP contribution in [0.5, 0.6) is 5.75 Å². The number of rotatable bonds is 4. The van der Waals surface area contributed by atoms with Crippen LogP contribution in [0.25, 0.3) is 26.4 Å². The average Bonchev–Trinajstić information content (AvgIpc) is 3.41. The zero-order valence-corrected chi connectivity index (χ0v) is 17.3. The molecule has 5 aromatic rings. The Labute approximate surface area is 174 Å². The molecule has 0 saturated heterocycles. The Morgan fingerprint density at radius 2 is 1.97 bits per heavy atom. The van der Waals surface area contributed by atoms with E-state index in [-0.39, 0.29) is 5.91 Å². The number of nitrogens with zero attached hydrogens (tertiary/aromatic N) is 3. The second-order valence-corrected chi connectivity index (χ2v) is 8.44. The molecule has 0 aliphatic carbocycles. The predicted molar refractivity (Wildman–Crippen MR) is 117 cm³/mol. The van der Waals surface area contributed by atoms with E-state index in [1.54, 1.807) is 7.11 Å². The molecular weight excluding hydrogens is 404 g/mol. The van der Waals surface area contributed by atoms with Gasteiger partial charge in [-0.1, -0.05) is 17.4 Å². The molecule has 6 nitrogen and oxygen atoms in total. The number of benzene rings is 2. The van der Waals surface area contributed by atoms with E-state index < -0.39 is 0 Å². The number of fused-ring (bicyclic) bond motifs is 2. The maximum atomic E-state index is 12.9. The molecule has 0 bridgehead atoms. The quantitative estimate of drug-likeness (QED) is 0.432. The van der Waals surface area contributed by atoms with E-state index in [9.17, 15) is 4.79 Å². The zero-order valence-electron chi connectivity index (χ0n) is 15.7. The van der Waals surface area contributed by atoms with Gasteiger partial charge in [-0.15, -0.1) is 11.3 Å². The molecule has 1 amide bonds. The first-order valence-corrected chi connectivity index (χ1v) is 10.6. The third-order valence-electron chi connectivity index (χ3n) is 4.59. The van der Waals surface area contributed by atoms with E-state index >= 15 is 0 Å². The number of carbonyl (C=O) groups excluding carboxylic acids is 1. The smallest absolute Gasteiger partial charge is 0.275 e. The average molecular weight is 421 g/mol. The summed E-state index contributed by atoms with van der Waals surface area (Å²) in [5, 5.41) is 5.32. The number of hydrogen-bond acceptors (Lipinski definition) is 6. The summed E-state index contributed by atoms with van der Waals surface area (Å²) in [6.45, 7) is 2.04. The van der Waals surface area contributed by atoms with Gasteiger partial charge in [0.05, 0.1) is 23.0 Å². The van der Waals surface area contributed by atoms with Gasteiger partial charge in [0.2, 0.25) is 0 Å². The summed E-state index contributed by atoms with van der Waals surface area (Å²) in [6.07, 6.45) is 1.88. The number of aromatic nitrogens is 3. The Bertz CT molecular complexity index is 1350. The monoisotopic (exact) mass is 420 g/mol. The van der Waals surface area contributed by atoms with Crippen molar-refractivity contribution < 1.29 is 9.53 Å². The minimum atomic E-state index is -0.203. The highest BCUT2D eigenvalue weighted by Crippen LogP contribution is 2.28. The van der Waals surface area contributed by atoms with Gasteiger partial charge in [-0.3, -0.25) is 14.5 Å². The highest BCUT2D eigenvalue weighted by Gasteiger charge is 2.17. The highest BCUT2D eigenvalue weighted by atomic mass is 32.1. The van der Waals surface area contributed by atoms with Crippen molar-refractivity contribution in [3.8, 4) is 17.0 Å². The SMILES string of the molecule is COc1ccc(-c2cn3c(C(=O)Nc4nc5ccc(C)cc5s4)csc3n2)cc1. The molecule has 0 radical (unpaired) electrons. The lowest BCUT2D eigenvalue weighted by Gasteiger charge is -2.01. The number of carbonyl (C=O) groups is 1. The number of aryl methyl sites for hydroxylation is 1. The van der Waals surface area contributed by atoms with Crippen molar-refractivity contribution in [2.45, 2.75) is 6.92 Å². The van der Waals surface area contributed by atoms with Crippen molar-refractivity contribution in [3.63, 3.8) is 0 Å². The van der Waals surface area contributed by atoms with E-state index in [4.69, 9.17) is 4.74 Å². The van der Waals surface area contributed by atoms with Crippen molar-refractivity contribution in [1.29, 1.82) is 0 Å². The summed E-state index contributed by atoms with van der Waals surface area (Å²) in [5.41, 5.74) is 4.37. The fourth-order valence-corrected chi connectivity index (χ4v) is 4.91. The number of hydrogen-bond donors (Lipinski definition) is 1. The predicted octanol–water partition coefficient (Wildman–Crippen LogP) is 5.24. The minimum absolute atomic E-state index is 0.203. The second kappa shape index (κ2) is 6.98. The van der Waals surface area contributed by atoms with Gasteiger partial charge in [-0.25, -0.2) is 9.97 Å². The molecular formula is C21H16N4O2S2. The van der Waals surface area contributed by atoms with Crippen LogP contribution in [0.1, 0.15) is 16.1 Å². The van der Waals surface area contributed by atoms with E-state index in [1.807, 2.05) is 59.3 Å². The number of amides is 1. The Kier molecular flexibility index (Phi) is 4.30. The van der Waals surface area contributed by atoms with Gasteiger partial charge in [-0.2, -0.15) is 0 Å². The van der Waals surface area contributed by atoms with E-state index in [0.717, 1.165) is 32.2 Å². The molecule has 3 aromatic heterocycles. The summed E-state index contributed by atoms with van der Waals surface area (Å²) in [6, 6.07) is 13.8. The Hall–Kier alpha value is -3.23. The number of nitrogens with one attached hydrogen (secondary N) is 1. The number of ether oxygens (including phenoxy) is 1. The standard InChI is InChI=1S/C21H16N4O2S2/c1-12-3-8-15-18(9-12)29-20(22-15)24-19(26)17-11-28-21-23-16(10-25(17)21)13-4-6-14(27-2)7-5-13/h3-11H,1-2H3,(H,22,24,26). The molecule has 8 heteroatoms. The number of thiazole rings is 2. The molecule has 0 saturated carbocycles. The van der Waals surface area contributed by atoms with E-state index in [2.05, 4.69) is 21.4 Å². The molecule has 2 aromatic carbocycles. The van der Waals surface area contributed by atoms with E-state index in [0.29, 0.717) is 10.8 Å². The molecule has 1 N–H and O–H groups in total. The molecule has 29 heavy (non-hydrogen) atoms. The van der Waals surface area contributed by atoms with Crippen LogP contribution in [-0.2, 0) is 0 Å². The summed E-state index contributed by atoms with van der Waals surface area (Å²) < 4.78 is 8.08. The Morgan fingerprint density at radius 1 is 1.14 bits per heavy atom. The largest absolute Gasteiger partial charge is 0.497 e. The highest BCUT2D eigenvalue weighted by molar-refractivity contribution is 7.22. The van der Waals surface area contributed by atoms with Crippen LogP contribution in [0.15, 0.2) is 54.0 Å². The van der Waals surface area contributed by atoms with Gasteiger partial charge < -0.3 is 4.74 Å². The fourth-order valence-electron chi connectivity index (χ4n) is 3.09. The number of imidazole rings is 1. The van der Waals surface area contributed by atoms with Crippen LogP contribution < -0.4 is 10.1 Å². The summed E-state index contributed by atoms with van der Waals surface area (Å²) in [4.78, 5) is 22.8. The zero-order chi connectivity index (χ0) is 20.0. The van der Waals surface area contributed by atoms with Gasteiger partial charge in [0.15, 0.2) is 10.1 Å². The molecule has 0 aliphatic heterocycles. The first kappa shape index (κ1) is 17.8. The van der Waals surface area contributed by atoms with Crippen molar-refractivity contribution in [2.75, 3.05) is 12.4 Å². The third-order valence-corrected chi connectivity index (χ3v) is 6.37. The van der Waals surface area contributed by atoms with Gasteiger partial charge in [0, 0.05) is 17.1 Å². The van der Waals surface area contributed by atoms with Gasteiger partial charge in [0.1, 0.15) is 11.4 Å². The van der Waals surface area contributed by atoms with Crippen LogP contribution in [0.3, 0.4) is 0 Å². The van der Waals surface area contributed by atoms with Crippen LogP contribution >= 0.6 is 22.7 Å². The molecule has 3 heterocycles.